The van der Waals surface area contributed by atoms with Gasteiger partial charge >= 0.3 is 0 Å². The van der Waals surface area contributed by atoms with Crippen molar-refractivity contribution < 1.29 is 4.79 Å². The molecule has 2 fully saturated rings. The molecule has 1 heterocycles. The second-order valence-electron chi connectivity index (χ2n) is 6.31. The summed E-state index contributed by atoms with van der Waals surface area (Å²) in [6.07, 6.45) is 6.25. The molecule has 1 amide bonds. The predicted molar refractivity (Wildman–Crippen MR) is 92.6 cm³/mol. The Morgan fingerprint density at radius 3 is 2.55 bits per heavy atom. The van der Waals surface area contributed by atoms with Gasteiger partial charge in [-0.05, 0) is 56.5 Å². The smallest absolute Gasteiger partial charge is 0.223 e. The maximum Gasteiger partial charge on any atom is 0.223 e. The number of halogens is 2. The van der Waals surface area contributed by atoms with Crippen molar-refractivity contribution in [3.63, 3.8) is 0 Å². The van der Waals surface area contributed by atoms with Crippen LogP contribution in [0.4, 0.5) is 0 Å². The molecular formula is C17H24Cl2N2O. The van der Waals surface area contributed by atoms with Crippen LogP contribution in [0, 0.1) is 5.92 Å². The number of benzene rings is 1. The number of hydrogen-bond donors (Lipinski definition) is 2. The molecule has 0 radical (unpaired) electrons. The van der Waals surface area contributed by atoms with Crippen LogP contribution in [0.15, 0.2) is 24.3 Å². The van der Waals surface area contributed by atoms with E-state index in [2.05, 4.69) is 16.7 Å². The molecule has 2 N–H and O–H groups in total. The molecule has 3 nitrogen and oxygen atoms in total. The SMILES string of the molecule is Cl.O=C(NC1(c2cccc(Cl)c2)CCCC1)C1CCNCC1. The molecule has 0 atom stereocenters. The van der Waals surface area contributed by atoms with Crippen molar-refractivity contribution in [1.82, 2.24) is 10.6 Å². The Morgan fingerprint density at radius 2 is 1.91 bits per heavy atom. The zero-order valence-electron chi connectivity index (χ0n) is 12.7. The summed E-state index contributed by atoms with van der Waals surface area (Å²) in [5.74, 6) is 0.376. The summed E-state index contributed by atoms with van der Waals surface area (Å²) >= 11 is 6.15. The standard InChI is InChI=1S/C17H23ClN2O.ClH/c18-15-5-3-4-14(12-15)17(8-1-2-9-17)20-16(21)13-6-10-19-11-7-13;/h3-5,12-13,19H,1-2,6-11H2,(H,20,21);1H. The first-order valence-corrected chi connectivity index (χ1v) is 8.36. The number of piperidine rings is 1. The molecule has 1 saturated heterocycles. The van der Waals surface area contributed by atoms with E-state index in [-0.39, 0.29) is 29.8 Å². The zero-order chi connectivity index (χ0) is 14.7. The first-order chi connectivity index (χ1) is 10.2. The first kappa shape index (κ1) is 17.6. The van der Waals surface area contributed by atoms with Crippen molar-refractivity contribution in [2.45, 2.75) is 44.1 Å². The molecule has 22 heavy (non-hydrogen) atoms. The van der Waals surface area contributed by atoms with E-state index < -0.39 is 0 Å². The second kappa shape index (κ2) is 7.67. The van der Waals surface area contributed by atoms with Gasteiger partial charge in [-0.2, -0.15) is 0 Å². The average Bonchev–Trinajstić information content (AvgIpc) is 2.98. The Hall–Kier alpha value is -0.770. The minimum Gasteiger partial charge on any atom is -0.346 e. The molecule has 2 aliphatic rings. The summed E-state index contributed by atoms with van der Waals surface area (Å²) in [5, 5.41) is 7.44. The normalized spacial score (nSPS) is 21.1. The van der Waals surface area contributed by atoms with Gasteiger partial charge in [0.05, 0.1) is 5.54 Å². The van der Waals surface area contributed by atoms with Crippen LogP contribution >= 0.6 is 24.0 Å². The lowest BCUT2D eigenvalue weighted by Gasteiger charge is -2.34. The van der Waals surface area contributed by atoms with Gasteiger partial charge in [-0.25, -0.2) is 0 Å². The number of hydrogen-bond acceptors (Lipinski definition) is 2. The van der Waals surface area contributed by atoms with E-state index >= 15 is 0 Å². The summed E-state index contributed by atoms with van der Waals surface area (Å²) in [7, 11) is 0. The Kier molecular flexibility index (Phi) is 6.13. The average molecular weight is 343 g/mol. The molecule has 1 aromatic rings. The lowest BCUT2D eigenvalue weighted by Crippen LogP contribution is -2.48. The quantitative estimate of drug-likeness (QED) is 0.880. The predicted octanol–water partition coefficient (Wildman–Crippen LogP) is 3.65. The van der Waals surface area contributed by atoms with Gasteiger partial charge in [0.25, 0.3) is 0 Å². The van der Waals surface area contributed by atoms with Crippen molar-refractivity contribution in [1.29, 1.82) is 0 Å². The highest BCUT2D eigenvalue weighted by Crippen LogP contribution is 2.39. The zero-order valence-corrected chi connectivity index (χ0v) is 14.3. The van der Waals surface area contributed by atoms with Crippen molar-refractivity contribution in [3.8, 4) is 0 Å². The summed E-state index contributed by atoms with van der Waals surface area (Å²) in [6, 6.07) is 7.98. The summed E-state index contributed by atoms with van der Waals surface area (Å²) < 4.78 is 0. The second-order valence-corrected chi connectivity index (χ2v) is 6.75. The van der Waals surface area contributed by atoms with E-state index in [1.165, 1.54) is 12.8 Å². The number of carbonyl (C=O) groups is 1. The monoisotopic (exact) mass is 342 g/mol. The van der Waals surface area contributed by atoms with Gasteiger partial charge < -0.3 is 10.6 Å². The van der Waals surface area contributed by atoms with E-state index in [0.29, 0.717) is 0 Å². The number of carbonyl (C=O) groups excluding carboxylic acids is 1. The summed E-state index contributed by atoms with van der Waals surface area (Å²) in [6.45, 7) is 1.89. The summed E-state index contributed by atoms with van der Waals surface area (Å²) in [4.78, 5) is 12.6. The fourth-order valence-corrected chi connectivity index (χ4v) is 3.86. The maximum atomic E-state index is 12.6. The Labute approximate surface area is 143 Å². The van der Waals surface area contributed by atoms with Gasteiger partial charge in [-0.15, -0.1) is 12.4 Å². The van der Waals surface area contributed by atoms with Crippen molar-refractivity contribution in [3.05, 3.63) is 34.9 Å². The van der Waals surface area contributed by atoms with E-state index in [9.17, 15) is 4.79 Å². The third-order valence-corrected chi connectivity index (χ3v) is 5.14. The van der Waals surface area contributed by atoms with E-state index in [1.54, 1.807) is 0 Å². The van der Waals surface area contributed by atoms with Crippen LogP contribution in [0.1, 0.15) is 44.1 Å². The van der Waals surface area contributed by atoms with Crippen molar-refractivity contribution in [2.75, 3.05) is 13.1 Å². The molecule has 1 saturated carbocycles. The molecular weight excluding hydrogens is 319 g/mol. The van der Waals surface area contributed by atoms with Gasteiger partial charge in [0.1, 0.15) is 0 Å². The minimum atomic E-state index is -0.202. The van der Waals surface area contributed by atoms with Crippen LogP contribution in [-0.4, -0.2) is 19.0 Å². The number of amides is 1. The van der Waals surface area contributed by atoms with E-state index in [0.717, 1.165) is 49.4 Å². The van der Waals surface area contributed by atoms with Crippen LogP contribution in [-0.2, 0) is 10.3 Å². The molecule has 122 valence electrons. The number of rotatable bonds is 3. The molecule has 0 unspecified atom stereocenters. The molecule has 0 aromatic heterocycles. The molecule has 0 bridgehead atoms. The third kappa shape index (κ3) is 3.76. The van der Waals surface area contributed by atoms with Crippen LogP contribution < -0.4 is 10.6 Å². The highest BCUT2D eigenvalue weighted by Gasteiger charge is 2.38. The van der Waals surface area contributed by atoms with Crippen LogP contribution in [0.3, 0.4) is 0 Å². The fraction of sp³-hybridized carbons (Fsp3) is 0.588. The minimum absolute atomic E-state index is 0. The summed E-state index contributed by atoms with van der Waals surface area (Å²) in [5.41, 5.74) is 0.960. The van der Waals surface area contributed by atoms with Crippen LogP contribution in [0.25, 0.3) is 0 Å². The Bertz CT molecular complexity index is 509. The molecule has 1 aromatic carbocycles. The third-order valence-electron chi connectivity index (χ3n) is 4.91. The Morgan fingerprint density at radius 1 is 1.23 bits per heavy atom. The first-order valence-electron chi connectivity index (χ1n) is 7.98. The highest BCUT2D eigenvalue weighted by molar-refractivity contribution is 6.30. The molecule has 0 spiro atoms. The van der Waals surface area contributed by atoms with Gasteiger partial charge in [0.15, 0.2) is 0 Å². The lowest BCUT2D eigenvalue weighted by atomic mass is 9.86. The topological polar surface area (TPSA) is 41.1 Å². The largest absolute Gasteiger partial charge is 0.346 e. The number of nitrogens with one attached hydrogen (secondary N) is 2. The molecule has 3 rings (SSSR count). The van der Waals surface area contributed by atoms with Gasteiger partial charge in [0.2, 0.25) is 5.91 Å². The van der Waals surface area contributed by atoms with Crippen molar-refractivity contribution >= 4 is 29.9 Å². The highest BCUT2D eigenvalue weighted by atomic mass is 35.5. The van der Waals surface area contributed by atoms with Crippen LogP contribution in [0.5, 0.6) is 0 Å². The molecule has 1 aliphatic heterocycles. The molecule has 1 aliphatic carbocycles. The van der Waals surface area contributed by atoms with Crippen LogP contribution in [0.2, 0.25) is 5.02 Å². The van der Waals surface area contributed by atoms with E-state index in [4.69, 9.17) is 11.6 Å². The molecule has 5 heteroatoms. The van der Waals surface area contributed by atoms with Gasteiger partial charge in [-0.3, -0.25) is 4.79 Å². The Balaban J connectivity index is 0.00000176. The van der Waals surface area contributed by atoms with Crippen molar-refractivity contribution in [2.24, 2.45) is 5.92 Å². The van der Waals surface area contributed by atoms with Gasteiger partial charge in [-0.1, -0.05) is 36.6 Å². The fourth-order valence-electron chi connectivity index (χ4n) is 3.67. The lowest BCUT2D eigenvalue weighted by molar-refractivity contribution is -0.127. The maximum absolute atomic E-state index is 12.6. The van der Waals surface area contributed by atoms with E-state index in [1.807, 2.05) is 18.2 Å². The van der Waals surface area contributed by atoms with Gasteiger partial charge in [0, 0.05) is 10.9 Å².